The van der Waals surface area contributed by atoms with Crippen LogP contribution in [0.15, 0.2) is 12.3 Å². The van der Waals surface area contributed by atoms with Crippen molar-refractivity contribution in [2.24, 2.45) is 0 Å². The number of hydrogen-bond donors (Lipinski definition) is 0. The summed E-state index contributed by atoms with van der Waals surface area (Å²) >= 11 is 5.88. The van der Waals surface area contributed by atoms with E-state index in [2.05, 4.69) is 4.74 Å². The summed E-state index contributed by atoms with van der Waals surface area (Å²) in [6.07, 6.45) is 1.89. The van der Waals surface area contributed by atoms with Gasteiger partial charge in [-0.1, -0.05) is 11.6 Å². The van der Waals surface area contributed by atoms with E-state index in [0.29, 0.717) is 23.8 Å². The van der Waals surface area contributed by atoms with E-state index in [0.717, 1.165) is 0 Å². The van der Waals surface area contributed by atoms with Crippen LogP contribution in [0.2, 0.25) is 5.02 Å². The van der Waals surface area contributed by atoms with Crippen LogP contribution in [0.1, 0.15) is 23.8 Å². The molecule has 0 aliphatic heterocycles. The minimum atomic E-state index is -0.335. The topological polar surface area (TPSA) is 51.5 Å². The third kappa shape index (κ3) is 3.50. The zero-order chi connectivity index (χ0) is 13.7. The van der Waals surface area contributed by atoms with Crippen LogP contribution in [0.3, 0.4) is 0 Å². The number of rotatable bonds is 5. The number of nitrogens with zero attached hydrogens (tertiary/aromatic N) is 2. The number of esters is 1. The molecule has 1 amide bonds. The van der Waals surface area contributed by atoms with Gasteiger partial charge in [0.2, 0.25) is 0 Å². The molecule has 0 fully saturated rings. The van der Waals surface area contributed by atoms with E-state index in [4.69, 9.17) is 11.6 Å². The molecule has 0 N–H and O–H groups in total. The Morgan fingerprint density at radius 2 is 2.17 bits per heavy atom. The van der Waals surface area contributed by atoms with Crippen molar-refractivity contribution in [1.82, 2.24) is 9.47 Å². The smallest absolute Gasteiger partial charge is 0.307 e. The quantitative estimate of drug-likeness (QED) is 0.768. The highest BCUT2D eigenvalue weighted by atomic mass is 35.5. The Balaban J connectivity index is 2.70. The van der Waals surface area contributed by atoms with Gasteiger partial charge in [-0.15, -0.1) is 0 Å². The minimum Gasteiger partial charge on any atom is -0.469 e. The highest BCUT2D eigenvalue weighted by molar-refractivity contribution is 6.31. The van der Waals surface area contributed by atoms with Gasteiger partial charge in [0.25, 0.3) is 5.91 Å². The molecule has 0 aliphatic rings. The summed E-state index contributed by atoms with van der Waals surface area (Å²) in [4.78, 5) is 24.6. The molecule has 5 nitrogen and oxygen atoms in total. The number of halogens is 1. The largest absolute Gasteiger partial charge is 0.469 e. The van der Waals surface area contributed by atoms with E-state index < -0.39 is 0 Å². The first-order valence-electron chi connectivity index (χ1n) is 5.67. The zero-order valence-electron chi connectivity index (χ0n) is 10.8. The molecule has 6 heteroatoms. The van der Waals surface area contributed by atoms with Crippen LogP contribution in [0, 0.1) is 0 Å². The molecule has 0 aliphatic carbocycles. The van der Waals surface area contributed by atoms with Crippen molar-refractivity contribution < 1.29 is 14.3 Å². The molecule has 0 spiro atoms. The van der Waals surface area contributed by atoms with Crippen molar-refractivity contribution in [3.05, 3.63) is 23.0 Å². The lowest BCUT2D eigenvalue weighted by Gasteiger charge is -2.17. The lowest BCUT2D eigenvalue weighted by molar-refractivity contribution is -0.140. The Kier molecular flexibility index (Phi) is 5.22. The monoisotopic (exact) mass is 272 g/mol. The normalized spacial score (nSPS) is 10.2. The second kappa shape index (κ2) is 6.44. The van der Waals surface area contributed by atoms with E-state index in [1.165, 1.54) is 12.0 Å². The van der Waals surface area contributed by atoms with Gasteiger partial charge < -0.3 is 14.2 Å². The van der Waals surface area contributed by atoms with Gasteiger partial charge in [-0.2, -0.15) is 0 Å². The fourth-order valence-corrected chi connectivity index (χ4v) is 1.79. The van der Waals surface area contributed by atoms with Gasteiger partial charge in [-0.05, 0) is 13.0 Å². The van der Waals surface area contributed by atoms with Gasteiger partial charge in [-0.3, -0.25) is 9.59 Å². The molecule has 18 heavy (non-hydrogen) atoms. The van der Waals surface area contributed by atoms with E-state index in [1.807, 2.05) is 6.92 Å². The van der Waals surface area contributed by atoms with Gasteiger partial charge in [-0.25, -0.2) is 0 Å². The summed E-state index contributed by atoms with van der Waals surface area (Å²) in [7, 11) is 2.97. The summed E-state index contributed by atoms with van der Waals surface area (Å²) < 4.78 is 6.31. The number of methoxy groups -OCH3 is 1. The number of ether oxygens (including phenoxy) is 1. The Hall–Kier alpha value is -1.49. The molecule has 1 aromatic heterocycles. The molecule has 0 unspecified atom stereocenters. The Bertz CT molecular complexity index is 443. The molecule has 100 valence electrons. The highest BCUT2D eigenvalue weighted by Crippen LogP contribution is 2.15. The Labute approximate surface area is 111 Å². The van der Waals surface area contributed by atoms with Gasteiger partial charge in [0.15, 0.2) is 0 Å². The Morgan fingerprint density at radius 1 is 1.50 bits per heavy atom. The molecule has 0 aromatic carbocycles. The number of carbonyl (C=O) groups excluding carboxylic acids is 2. The SMILES string of the molecule is CCn1cc(Cl)cc1C(=O)N(C)CCC(=O)OC. The van der Waals surface area contributed by atoms with E-state index in [9.17, 15) is 9.59 Å². The van der Waals surface area contributed by atoms with Crippen molar-refractivity contribution in [3.63, 3.8) is 0 Å². The predicted molar refractivity (Wildman–Crippen MR) is 68.7 cm³/mol. The zero-order valence-corrected chi connectivity index (χ0v) is 11.5. The molecule has 0 atom stereocenters. The van der Waals surface area contributed by atoms with Crippen LogP contribution in [0.5, 0.6) is 0 Å². The van der Waals surface area contributed by atoms with Gasteiger partial charge >= 0.3 is 5.97 Å². The van der Waals surface area contributed by atoms with E-state index in [1.54, 1.807) is 23.9 Å². The molecule has 0 radical (unpaired) electrons. The van der Waals surface area contributed by atoms with Crippen molar-refractivity contribution in [2.75, 3.05) is 20.7 Å². The number of aryl methyl sites for hydroxylation is 1. The average molecular weight is 273 g/mol. The second-order valence-corrected chi connectivity index (χ2v) is 4.32. The summed E-state index contributed by atoms with van der Waals surface area (Å²) in [5.74, 6) is -0.494. The lowest BCUT2D eigenvalue weighted by atomic mass is 10.3. The van der Waals surface area contributed by atoms with Crippen LogP contribution in [0.25, 0.3) is 0 Å². The molecule has 1 heterocycles. The average Bonchev–Trinajstić information content (AvgIpc) is 2.75. The molecule has 0 saturated heterocycles. The van der Waals surface area contributed by atoms with Gasteiger partial charge in [0.05, 0.1) is 18.6 Å². The maximum atomic E-state index is 12.1. The highest BCUT2D eigenvalue weighted by Gasteiger charge is 2.17. The first-order valence-corrected chi connectivity index (χ1v) is 6.05. The first kappa shape index (κ1) is 14.6. The first-order chi connectivity index (χ1) is 8.49. The minimum absolute atomic E-state index is 0.160. The number of hydrogen-bond acceptors (Lipinski definition) is 3. The molecule has 1 rings (SSSR count). The maximum Gasteiger partial charge on any atom is 0.307 e. The van der Waals surface area contributed by atoms with Crippen molar-refractivity contribution >= 4 is 23.5 Å². The fourth-order valence-electron chi connectivity index (χ4n) is 1.57. The van der Waals surface area contributed by atoms with Crippen molar-refractivity contribution in [2.45, 2.75) is 19.9 Å². The summed E-state index contributed by atoms with van der Waals surface area (Å²) in [6.45, 7) is 2.91. The maximum absolute atomic E-state index is 12.1. The summed E-state index contributed by atoms with van der Waals surface area (Å²) in [6, 6.07) is 1.63. The molecular weight excluding hydrogens is 256 g/mol. The van der Waals surface area contributed by atoms with Crippen LogP contribution in [0.4, 0.5) is 0 Å². The van der Waals surface area contributed by atoms with Gasteiger partial charge in [0, 0.05) is 26.3 Å². The fraction of sp³-hybridized carbons (Fsp3) is 0.500. The molecule has 0 bridgehead atoms. The standard InChI is InChI=1S/C12H17ClN2O3/c1-4-15-8-9(13)7-10(15)12(17)14(2)6-5-11(16)18-3/h7-8H,4-6H2,1-3H3. The van der Waals surface area contributed by atoms with Crippen LogP contribution >= 0.6 is 11.6 Å². The van der Waals surface area contributed by atoms with Crippen molar-refractivity contribution in [1.29, 1.82) is 0 Å². The van der Waals surface area contributed by atoms with E-state index in [-0.39, 0.29) is 18.3 Å². The lowest BCUT2D eigenvalue weighted by Crippen LogP contribution is -2.30. The van der Waals surface area contributed by atoms with Gasteiger partial charge in [0.1, 0.15) is 5.69 Å². The molecular formula is C12H17ClN2O3. The molecule has 0 saturated carbocycles. The van der Waals surface area contributed by atoms with E-state index >= 15 is 0 Å². The second-order valence-electron chi connectivity index (χ2n) is 3.88. The third-order valence-corrected chi connectivity index (χ3v) is 2.86. The summed E-state index contributed by atoms with van der Waals surface area (Å²) in [5.41, 5.74) is 0.523. The van der Waals surface area contributed by atoms with Crippen LogP contribution in [-0.4, -0.2) is 42.0 Å². The van der Waals surface area contributed by atoms with Crippen LogP contribution in [-0.2, 0) is 16.1 Å². The Morgan fingerprint density at radius 3 is 2.72 bits per heavy atom. The number of aromatic nitrogens is 1. The number of amides is 1. The molecule has 1 aromatic rings. The van der Waals surface area contributed by atoms with Crippen molar-refractivity contribution in [3.8, 4) is 0 Å². The third-order valence-electron chi connectivity index (χ3n) is 2.65. The van der Waals surface area contributed by atoms with Crippen LogP contribution < -0.4 is 0 Å². The summed E-state index contributed by atoms with van der Waals surface area (Å²) in [5, 5.41) is 0.529. The predicted octanol–water partition coefficient (Wildman–Crippen LogP) is 1.80. The number of carbonyl (C=O) groups is 2.